The predicted molar refractivity (Wildman–Crippen MR) is 109 cm³/mol. The van der Waals surface area contributed by atoms with Gasteiger partial charge in [-0.25, -0.2) is 4.79 Å². The van der Waals surface area contributed by atoms with E-state index in [-0.39, 0.29) is 12.1 Å². The lowest BCUT2D eigenvalue weighted by molar-refractivity contribution is 0.236. The van der Waals surface area contributed by atoms with E-state index in [1.165, 1.54) is 36.0 Å². The number of nitrogens with one attached hydrogen (secondary N) is 2. The van der Waals surface area contributed by atoms with Crippen molar-refractivity contribution in [1.82, 2.24) is 10.6 Å². The minimum atomic E-state index is -0.129. The van der Waals surface area contributed by atoms with Gasteiger partial charge in [0.1, 0.15) is 5.75 Å². The molecule has 2 N–H and O–H groups in total. The number of urea groups is 1. The third kappa shape index (κ3) is 5.49. The molecule has 144 valence electrons. The molecule has 1 atom stereocenters. The smallest absolute Gasteiger partial charge is 0.315 e. The molecule has 2 aromatic carbocycles. The van der Waals surface area contributed by atoms with Crippen LogP contribution in [0.15, 0.2) is 42.5 Å². The Kier molecular flexibility index (Phi) is 6.74. The first-order chi connectivity index (χ1) is 13.1. The van der Waals surface area contributed by atoms with Gasteiger partial charge in [0.2, 0.25) is 0 Å². The number of aryl methyl sites for hydroxylation is 3. The van der Waals surface area contributed by atoms with Gasteiger partial charge in [-0.1, -0.05) is 36.4 Å². The van der Waals surface area contributed by atoms with Gasteiger partial charge in [-0.3, -0.25) is 0 Å². The molecule has 0 aliphatic heterocycles. The maximum absolute atomic E-state index is 12.1. The molecule has 2 aromatic rings. The van der Waals surface area contributed by atoms with Crippen LogP contribution in [-0.4, -0.2) is 19.2 Å². The first kappa shape index (κ1) is 19.3. The number of amides is 2. The number of para-hydroxylation sites is 1. The monoisotopic (exact) mass is 366 g/mol. The summed E-state index contributed by atoms with van der Waals surface area (Å²) >= 11 is 0. The summed E-state index contributed by atoms with van der Waals surface area (Å²) in [6.45, 7) is 5.24. The Hall–Kier alpha value is -2.49. The molecule has 1 unspecified atom stereocenters. The van der Waals surface area contributed by atoms with Gasteiger partial charge >= 0.3 is 6.03 Å². The molecule has 1 aliphatic rings. The number of carbonyl (C=O) groups excluding carboxylic acids is 1. The highest BCUT2D eigenvalue weighted by Gasteiger charge is 2.13. The summed E-state index contributed by atoms with van der Waals surface area (Å²) in [5, 5.41) is 5.95. The molecule has 0 aromatic heterocycles. The zero-order chi connectivity index (χ0) is 19.1. The van der Waals surface area contributed by atoms with E-state index in [2.05, 4.69) is 28.8 Å². The van der Waals surface area contributed by atoms with Gasteiger partial charge < -0.3 is 15.4 Å². The number of hydrogen-bond donors (Lipinski definition) is 2. The van der Waals surface area contributed by atoms with Gasteiger partial charge in [-0.05, 0) is 74.3 Å². The Bertz CT molecular complexity index is 773. The number of benzene rings is 2. The van der Waals surface area contributed by atoms with Crippen LogP contribution in [0.3, 0.4) is 0 Å². The average Bonchev–Trinajstić information content (AvgIpc) is 2.68. The molecule has 3 rings (SSSR count). The zero-order valence-electron chi connectivity index (χ0n) is 16.4. The third-order valence-electron chi connectivity index (χ3n) is 5.18. The van der Waals surface area contributed by atoms with Crippen LogP contribution in [-0.2, 0) is 12.8 Å². The molecule has 2 amide bonds. The Labute approximate surface area is 162 Å². The fourth-order valence-corrected chi connectivity index (χ4v) is 3.53. The maximum atomic E-state index is 12.1. The van der Waals surface area contributed by atoms with Crippen molar-refractivity contribution in [2.75, 3.05) is 13.2 Å². The Balaban J connectivity index is 1.38. The van der Waals surface area contributed by atoms with E-state index in [4.69, 9.17) is 4.74 Å². The highest BCUT2D eigenvalue weighted by molar-refractivity contribution is 5.74. The minimum Gasteiger partial charge on any atom is -0.493 e. The lowest BCUT2D eigenvalue weighted by Gasteiger charge is -2.20. The van der Waals surface area contributed by atoms with Crippen molar-refractivity contribution < 1.29 is 9.53 Å². The van der Waals surface area contributed by atoms with E-state index in [0.29, 0.717) is 13.2 Å². The highest BCUT2D eigenvalue weighted by atomic mass is 16.5. The fraction of sp³-hybridized carbons (Fsp3) is 0.435. The number of hydrogen-bond acceptors (Lipinski definition) is 2. The summed E-state index contributed by atoms with van der Waals surface area (Å²) in [6.07, 6.45) is 5.67. The molecule has 1 aliphatic carbocycles. The topological polar surface area (TPSA) is 50.4 Å². The molecule has 0 bridgehead atoms. The average molecular weight is 367 g/mol. The molecule has 0 heterocycles. The summed E-state index contributed by atoms with van der Waals surface area (Å²) in [6, 6.07) is 14.5. The molecular formula is C23H30N2O2. The maximum Gasteiger partial charge on any atom is 0.315 e. The third-order valence-corrected chi connectivity index (χ3v) is 5.18. The second kappa shape index (κ2) is 9.45. The van der Waals surface area contributed by atoms with E-state index >= 15 is 0 Å². The van der Waals surface area contributed by atoms with Crippen molar-refractivity contribution in [3.8, 4) is 5.75 Å². The highest BCUT2D eigenvalue weighted by Crippen LogP contribution is 2.24. The van der Waals surface area contributed by atoms with E-state index in [1.54, 1.807) is 0 Å². The Morgan fingerprint density at radius 2 is 1.89 bits per heavy atom. The Morgan fingerprint density at radius 1 is 1.11 bits per heavy atom. The molecule has 0 saturated heterocycles. The fourth-order valence-electron chi connectivity index (χ4n) is 3.53. The van der Waals surface area contributed by atoms with Crippen molar-refractivity contribution in [3.05, 3.63) is 64.7 Å². The predicted octanol–water partition coefficient (Wildman–Crippen LogP) is 4.70. The molecule has 0 radical (unpaired) electrons. The van der Waals surface area contributed by atoms with Crippen molar-refractivity contribution >= 4 is 6.03 Å². The molecule has 0 saturated carbocycles. The van der Waals surface area contributed by atoms with Crippen molar-refractivity contribution in [1.29, 1.82) is 0 Å². The van der Waals surface area contributed by atoms with Crippen LogP contribution in [0.25, 0.3) is 0 Å². The van der Waals surface area contributed by atoms with Gasteiger partial charge in [0, 0.05) is 6.54 Å². The van der Waals surface area contributed by atoms with E-state index in [1.807, 2.05) is 38.1 Å². The second-order valence-electron chi connectivity index (χ2n) is 7.32. The summed E-state index contributed by atoms with van der Waals surface area (Å²) in [5.74, 6) is 0.906. The van der Waals surface area contributed by atoms with E-state index in [0.717, 1.165) is 24.2 Å². The van der Waals surface area contributed by atoms with Crippen molar-refractivity contribution in [2.24, 2.45) is 0 Å². The molecule has 0 spiro atoms. The summed E-state index contributed by atoms with van der Waals surface area (Å²) in [4.78, 5) is 12.1. The second-order valence-corrected chi connectivity index (χ2v) is 7.32. The van der Waals surface area contributed by atoms with Crippen LogP contribution in [0.2, 0.25) is 0 Å². The first-order valence-electron chi connectivity index (χ1n) is 9.98. The van der Waals surface area contributed by atoms with Crippen LogP contribution in [0, 0.1) is 6.92 Å². The standard InChI is InChI=1S/C23H30N2O2/c1-17-8-3-6-11-22(17)27-15-7-14-24-23(26)25-18(2)20-13-12-19-9-4-5-10-21(19)16-20/h3,6,8,11-13,16,18H,4-5,7,9-10,14-15H2,1-2H3,(H2,24,25,26). The van der Waals surface area contributed by atoms with Crippen molar-refractivity contribution in [3.63, 3.8) is 0 Å². The van der Waals surface area contributed by atoms with Crippen LogP contribution in [0.1, 0.15) is 54.5 Å². The van der Waals surface area contributed by atoms with Crippen LogP contribution >= 0.6 is 0 Å². The van der Waals surface area contributed by atoms with Gasteiger partial charge in [0.05, 0.1) is 12.6 Å². The number of ether oxygens (including phenoxy) is 1. The molecule has 4 nitrogen and oxygen atoms in total. The quantitative estimate of drug-likeness (QED) is 0.698. The van der Waals surface area contributed by atoms with Gasteiger partial charge in [0.15, 0.2) is 0 Å². The number of rotatable bonds is 7. The Morgan fingerprint density at radius 3 is 2.70 bits per heavy atom. The minimum absolute atomic E-state index is 0.000412. The van der Waals surface area contributed by atoms with Crippen LogP contribution in [0.5, 0.6) is 5.75 Å². The number of carbonyl (C=O) groups is 1. The van der Waals surface area contributed by atoms with Crippen molar-refractivity contribution in [2.45, 2.75) is 52.0 Å². The lowest BCUT2D eigenvalue weighted by atomic mass is 9.89. The number of fused-ring (bicyclic) bond motifs is 1. The largest absolute Gasteiger partial charge is 0.493 e. The van der Waals surface area contributed by atoms with E-state index < -0.39 is 0 Å². The molecule has 4 heteroatoms. The van der Waals surface area contributed by atoms with E-state index in [9.17, 15) is 4.79 Å². The zero-order valence-corrected chi connectivity index (χ0v) is 16.4. The molecule has 0 fully saturated rings. The summed E-state index contributed by atoms with van der Waals surface area (Å²) < 4.78 is 5.75. The van der Waals surface area contributed by atoms with Crippen LogP contribution < -0.4 is 15.4 Å². The molecule has 27 heavy (non-hydrogen) atoms. The lowest BCUT2D eigenvalue weighted by Crippen LogP contribution is -2.37. The SMILES string of the molecule is Cc1ccccc1OCCCNC(=O)NC(C)c1ccc2c(c1)CCCC2. The normalized spacial score (nSPS) is 14.1. The molecular weight excluding hydrogens is 336 g/mol. The first-order valence-corrected chi connectivity index (χ1v) is 9.98. The van der Waals surface area contributed by atoms with Gasteiger partial charge in [-0.15, -0.1) is 0 Å². The van der Waals surface area contributed by atoms with Crippen LogP contribution in [0.4, 0.5) is 4.79 Å². The summed E-state index contributed by atoms with van der Waals surface area (Å²) in [5.41, 5.74) is 5.22. The van der Waals surface area contributed by atoms with Gasteiger partial charge in [-0.2, -0.15) is 0 Å². The van der Waals surface area contributed by atoms with Gasteiger partial charge in [0.25, 0.3) is 0 Å². The summed E-state index contributed by atoms with van der Waals surface area (Å²) in [7, 11) is 0.